The number of hydrogen-bond acceptors (Lipinski definition) is 3. The molecule has 1 unspecified atom stereocenters. The second-order valence-electron chi connectivity index (χ2n) is 3.00. The van der Waals surface area contributed by atoms with Crippen molar-refractivity contribution in [1.82, 2.24) is 4.98 Å². The second kappa shape index (κ2) is 3.05. The maximum atomic E-state index is 10.7. The molecule has 0 bridgehead atoms. The molecule has 0 saturated heterocycles. The topological polar surface area (TPSA) is 59.4 Å². The zero-order chi connectivity index (χ0) is 9.26. The average molecular weight is 179 g/mol. The summed E-state index contributed by atoms with van der Waals surface area (Å²) in [7, 11) is 0. The van der Waals surface area contributed by atoms with E-state index in [-0.39, 0.29) is 6.61 Å². The third-order valence-electron chi connectivity index (χ3n) is 2.08. The maximum Gasteiger partial charge on any atom is 0.310 e. The molecule has 1 aliphatic rings. The van der Waals surface area contributed by atoms with Gasteiger partial charge in [-0.05, 0) is 12.1 Å². The number of carboxylic acids is 1. The van der Waals surface area contributed by atoms with Crippen molar-refractivity contribution in [3.8, 4) is 5.75 Å². The fourth-order valence-electron chi connectivity index (χ4n) is 1.35. The zero-order valence-electron chi connectivity index (χ0n) is 6.93. The fraction of sp³-hybridized carbons (Fsp3) is 0.333. The van der Waals surface area contributed by atoms with Gasteiger partial charge in [0.25, 0.3) is 0 Å². The lowest BCUT2D eigenvalue weighted by molar-refractivity contribution is -0.143. The van der Waals surface area contributed by atoms with Crippen molar-refractivity contribution < 1.29 is 14.6 Å². The van der Waals surface area contributed by atoms with Gasteiger partial charge in [-0.2, -0.15) is 0 Å². The Morgan fingerprint density at radius 2 is 2.54 bits per heavy atom. The van der Waals surface area contributed by atoms with Gasteiger partial charge in [0.05, 0.1) is 11.6 Å². The van der Waals surface area contributed by atoms with E-state index in [1.807, 2.05) is 0 Å². The summed E-state index contributed by atoms with van der Waals surface area (Å²) in [5.41, 5.74) is 0.737. The van der Waals surface area contributed by atoms with Gasteiger partial charge in [-0.25, -0.2) is 0 Å². The molecule has 1 atom stereocenters. The first kappa shape index (κ1) is 8.04. The number of pyridine rings is 1. The van der Waals surface area contributed by atoms with Crippen molar-refractivity contribution in [3.63, 3.8) is 0 Å². The van der Waals surface area contributed by atoms with Crippen LogP contribution in [0, 0.1) is 5.92 Å². The monoisotopic (exact) mass is 179 g/mol. The summed E-state index contributed by atoms with van der Waals surface area (Å²) in [6.07, 6.45) is 2.11. The van der Waals surface area contributed by atoms with Crippen LogP contribution in [-0.4, -0.2) is 22.7 Å². The van der Waals surface area contributed by atoms with Crippen LogP contribution in [0.3, 0.4) is 0 Å². The third-order valence-corrected chi connectivity index (χ3v) is 2.08. The normalized spacial score (nSPS) is 20.2. The van der Waals surface area contributed by atoms with Gasteiger partial charge in [-0.1, -0.05) is 0 Å². The van der Waals surface area contributed by atoms with E-state index in [4.69, 9.17) is 9.84 Å². The SMILES string of the molecule is O=C(O)C1COc2cccnc2C1. The molecule has 1 aliphatic heterocycles. The van der Waals surface area contributed by atoms with Crippen molar-refractivity contribution in [3.05, 3.63) is 24.0 Å². The smallest absolute Gasteiger partial charge is 0.310 e. The molecule has 0 spiro atoms. The van der Waals surface area contributed by atoms with Crippen LogP contribution in [0.2, 0.25) is 0 Å². The minimum atomic E-state index is -0.823. The molecule has 0 fully saturated rings. The Balaban J connectivity index is 2.24. The van der Waals surface area contributed by atoms with E-state index in [0.717, 1.165) is 5.69 Å². The predicted molar refractivity (Wildman–Crippen MR) is 44.6 cm³/mol. The number of rotatable bonds is 1. The molecule has 68 valence electrons. The maximum absolute atomic E-state index is 10.7. The molecular formula is C9H9NO3. The molecule has 13 heavy (non-hydrogen) atoms. The van der Waals surface area contributed by atoms with E-state index < -0.39 is 11.9 Å². The molecule has 0 saturated carbocycles. The van der Waals surface area contributed by atoms with Gasteiger partial charge in [0.2, 0.25) is 0 Å². The largest absolute Gasteiger partial charge is 0.491 e. The molecule has 0 aliphatic carbocycles. The van der Waals surface area contributed by atoms with Crippen LogP contribution in [0.5, 0.6) is 5.75 Å². The number of aromatic nitrogens is 1. The van der Waals surface area contributed by atoms with E-state index in [9.17, 15) is 4.79 Å². The molecule has 1 aromatic rings. The van der Waals surface area contributed by atoms with E-state index in [2.05, 4.69) is 4.98 Å². The van der Waals surface area contributed by atoms with Crippen molar-refractivity contribution >= 4 is 5.97 Å². The van der Waals surface area contributed by atoms with Gasteiger partial charge in [0.15, 0.2) is 0 Å². The molecule has 1 aromatic heterocycles. The Bertz CT molecular complexity index is 337. The van der Waals surface area contributed by atoms with Crippen molar-refractivity contribution in [2.75, 3.05) is 6.61 Å². The highest BCUT2D eigenvalue weighted by Gasteiger charge is 2.25. The first-order valence-electron chi connectivity index (χ1n) is 4.07. The third kappa shape index (κ3) is 1.47. The quantitative estimate of drug-likeness (QED) is 0.690. The second-order valence-corrected chi connectivity index (χ2v) is 3.00. The Morgan fingerprint density at radius 1 is 1.69 bits per heavy atom. The molecule has 4 nitrogen and oxygen atoms in total. The van der Waals surface area contributed by atoms with Crippen LogP contribution in [0.15, 0.2) is 18.3 Å². The highest BCUT2D eigenvalue weighted by Crippen LogP contribution is 2.24. The van der Waals surface area contributed by atoms with Crippen LogP contribution in [0.1, 0.15) is 5.69 Å². The standard InChI is InChI=1S/C9H9NO3/c11-9(12)6-4-7-8(13-5-6)2-1-3-10-7/h1-3,6H,4-5H2,(H,11,12). The van der Waals surface area contributed by atoms with Crippen LogP contribution < -0.4 is 4.74 Å². The minimum absolute atomic E-state index is 0.244. The van der Waals surface area contributed by atoms with Crippen LogP contribution in [0.25, 0.3) is 0 Å². The number of carbonyl (C=O) groups is 1. The van der Waals surface area contributed by atoms with Crippen LogP contribution >= 0.6 is 0 Å². The fourth-order valence-corrected chi connectivity index (χ4v) is 1.35. The van der Waals surface area contributed by atoms with E-state index in [1.165, 1.54) is 0 Å². The molecule has 0 aromatic carbocycles. The summed E-state index contributed by atoms with van der Waals surface area (Å²) in [5, 5.41) is 8.76. The van der Waals surface area contributed by atoms with Crippen molar-refractivity contribution in [2.45, 2.75) is 6.42 Å². The average Bonchev–Trinajstić information content (AvgIpc) is 2.17. The van der Waals surface area contributed by atoms with Crippen molar-refractivity contribution in [1.29, 1.82) is 0 Å². The molecule has 1 N–H and O–H groups in total. The summed E-state index contributed by atoms with van der Waals surface area (Å²) < 4.78 is 5.25. The molecule has 2 rings (SSSR count). The van der Waals surface area contributed by atoms with Gasteiger partial charge in [-0.15, -0.1) is 0 Å². The first-order valence-corrected chi connectivity index (χ1v) is 4.07. The lowest BCUT2D eigenvalue weighted by atomic mass is 10.0. The van der Waals surface area contributed by atoms with Gasteiger partial charge in [-0.3, -0.25) is 9.78 Å². The van der Waals surface area contributed by atoms with Crippen LogP contribution in [-0.2, 0) is 11.2 Å². The first-order chi connectivity index (χ1) is 6.27. The lowest BCUT2D eigenvalue weighted by Gasteiger charge is -2.20. The lowest BCUT2D eigenvalue weighted by Crippen LogP contribution is -2.28. The molecule has 4 heteroatoms. The van der Waals surface area contributed by atoms with Gasteiger partial charge in [0, 0.05) is 12.6 Å². The van der Waals surface area contributed by atoms with Crippen molar-refractivity contribution in [2.24, 2.45) is 5.92 Å². The van der Waals surface area contributed by atoms with Gasteiger partial charge >= 0.3 is 5.97 Å². The Hall–Kier alpha value is -1.58. The number of carboxylic acid groups (broad SMARTS) is 1. The summed E-state index contributed by atoms with van der Waals surface area (Å²) in [6, 6.07) is 3.58. The number of nitrogens with zero attached hydrogens (tertiary/aromatic N) is 1. The molecule has 2 heterocycles. The highest BCUT2D eigenvalue weighted by atomic mass is 16.5. The van der Waals surface area contributed by atoms with E-state index >= 15 is 0 Å². The number of hydrogen-bond donors (Lipinski definition) is 1. The van der Waals surface area contributed by atoms with E-state index in [1.54, 1.807) is 18.3 Å². The predicted octanol–water partition coefficient (Wildman–Crippen LogP) is 0.717. The van der Waals surface area contributed by atoms with Gasteiger partial charge in [0.1, 0.15) is 12.4 Å². The zero-order valence-corrected chi connectivity index (χ0v) is 6.93. The summed E-state index contributed by atoms with van der Waals surface area (Å²) in [6.45, 7) is 0.244. The Morgan fingerprint density at radius 3 is 3.31 bits per heavy atom. The number of fused-ring (bicyclic) bond motifs is 1. The number of ether oxygens (including phenoxy) is 1. The summed E-state index contributed by atoms with van der Waals surface area (Å²) in [5.74, 6) is -0.571. The van der Waals surface area contributed by atoms with E-state index in [0.29, 0.717) is 12.2 Å². The van der Waals surface area contributed by atoms with Crippen LogP contribution in [0.4, 0.5) is 0 Å². The summed E-state index contributed by atoms with van der Waals surface area (Å²) >= 11 is 0. The minimum Gasteiger partial charge on any atom is -0.491 e. The number of aliphatic carboxylic acids is 1. The Labute approximate surface area is 75.2 Å². The highest BCUT2D eigenvalue weighted by molar-refractivity contribution is 5.71. The molecular weight excluding hydrogens is 170 g/mol. The Kier molecular flexibility index (Phi) is 1.88. The molecule has 0 radical (unpaired) electrons. The molecule has 0 amide bonds. The summed E-state index contributed by atoms with van der Waals surface area (Å²) in [4.78, 5) is 14.7. The van der Waals surface area contributed by atoms with Gasteiger partial charge < -0.3 is 9.84 Å².